The summed E-state index contributed by atoms with van der Waals surface area (Å²) in [5.74, 6) is -0.105. The molecule has 0 unspecified atom stereocenters. The lowest BCUT2D eigenvalue weighted by molar-refractivity contribution is 0.0634. The first-order valence-electron chi connectivity index (χ1n) is 5.80. The number of aromatic nitrogens is 2. The Kier molecular flexibility index (Phi) is 3.25. The van der Waals surface area contributed by atoms with E-state index in [0.717, 1.165) is 0 Å². The molecule has 0 fully saturated rings. The van der Waals surface area contributed by atoms with Crippen LogP contribution >= 0.6 is 0 Å². The zero-order chi connectivity index (χ0) is 14.0. The van der Waals surface area contributed by atoms with Gasteiger partial charge in [-0.05, 0) is 32.9 Å². The molecule has 0 aromatic carbocycles. The summed E-state index contributed by atoms with van der Waals surface area (Å²) in [7, 11) is 0. The van der Waals surface area contributed by atoms with Gasteiger partial charge in [-0.2, -0.15) is 0 Å². The number of carbonyl (C=O) groups excluding carboxylic acids is 1. The van der Waals surface area contributed by atoms with Crippen molar-refractivity contribution in [2.45, 2.75) is 26.4 Å². The van der Waals surface area contributed by atoms with Crippen molar-refractivity contribution in [3.8, 4) is 5.75 Å². The third kappa shape index (κ3) is 3.31. The Hall–Kier alpha value is -2.37. The molecule has 2 heterocycles. The molecule has 0 aliphatic rings. The van der Waals surface area contributed by atoms with Crippen LogP contribution in [-0.2, 0) is 4.74 Å². The zero-order valence-electron chi connectivity index (χ0n) is 11.0. The number of carbonyl (C=O) groups is 1. The van der Waals surface area contributed by atoms with Crippen LogP contribution in [0.2, 0.25) is 0 Å². The van der Waals surface area contributed by atoms with Gasteiger partial charge in [0, 0.05) is 12.3 Å². The quantitative estimate of drug-likeness (QED) is 0.824. The highest BCUT2D eigenvalue weighted by Gasteiger charge is 2.18. The molecule has 0 bridgehead atoms. The van der Waals surface area contributed by atoms with Gasteiger partial charge in [-0.3, -0.25) is 10.3 Å². The van der Waals surface area contributed by atoms with Crippen molar-refractivity contribution in [3.05, 3.63) is 24.4 Å². The third-order valence-corrected chi connectivity index (χ3v) is 2.18. The smallest absolute Gasteiger partial charge is 0.413 e. The van der Waals surface area contributed by atoms with E-state index in [-0.39, 0.29) is 11.6 Å². The normalized spacial score (nSPS) is 11.3. The highest BCUT2D eigenvalue weighted by molar-refractivity contribution is 5.88. The van der Waals surface area contributed by atoms with Crippen molar-refractivity contribution >= 4 is 22.9 Å². The number of nitrogens with zero attached hydrogens (tertiary/aromatic N) is 2. The fourth-order valence-electron chi connectivity index (χ4n) is 1.48. The van der Waals surface area contributed by atoms with Crippen LogP contribution in [0.25, 0.3) is 11.0 Å². The standard InChI is InChI=1S/C13H15N3O3/c1-13(2,3)19-12(18)16-11-10(17)7-9-8(15-11)5-4-6-14-9/h4-7,17H,1-3H3,(H,15,16,18). The molecule has 1 amide bonds. The number of ether oxygens (including phenoxy) is 1. The highest BCUT2D eigenvalue weighted by atomic mass is 16.6. The van der Waals surface area contributed by atoms with E-state index in [1.54, 1.807) is 39.1 Å². The zero-order valence-corrected chi connectivity index (χ0v) is 11.0. The van der Waals surface area contributed by atoms with Crippen LogP contribution in [0.1, 0.15) is 20.8 Å². The van der Waals surface area contributed by atoms with Gasteiger partial charge in [0.15, 0.2) is 11.6 Å². The number of rotatable bonds is 1. The Labute approximate surface area is 110 Å². The topological polar surface area (TPSA) is 84.3 Å². The van der Waals surface area contributed by atoms with Crippen LogP contribution in [0.4, 0.5) is 10.6 Å². The fraction of sp³-hybridized carbons (Fsp3) is 0.308. The molecule has 0 radical (unpaired) electrons. The van der Waals surface area contributed by atoms with E-state index in [2.05, 4.69) is 15.3 Å². The van der Waals surface area contributed by atoms with Crippen LogP contribution in [0, 0.1) is 0 Å². The monoisotopic (exact) mass is 261 g/mol. The number of fused-ring (bicyclic) bond motifs is 1. The molecule has 2 N–H and O–H groups in total. The Bertz CT molecular complexity index is 620. The fourth-order valence-corrected chi connectivity index (χ4v) is 1.48. The van der Waals surface area contributed by atoms with E-state index >= 15 is 0 Å². The van der Waals surface area contributed by atoms with Gasteiger partial charge in [0.1, 0.15) is 5.60 Å². The number of anilines is 1. The van der Waals surface area contributed by atoms with Crippen molar-refractivity contribution in [1.82, 2.24) is 9.97 Å². The Balaban J connectivity index is 2.25. The summed E-state index contributed by atoms with van der Waals surface area (Å²) in [5.41, 5.74) is 0.513. The lowest BCUT2D eigenvalue weighted by Crippen LogP contribution is -2.27. The van der Waals surface area contributed by atoms with Crippen molar-refractivity contribution < 1.29 is 14.6 Å². The number of hydrogen-bond acceptors (Lipinski definition) is 5. The SMILES string of the molecule is CC(C)(C)OC(=O)Nc1nc2cccnc2cc1O. The van der Waals surface area contributed by atoms with Gasteiger partial charge in [-0.15, -0.1) is 0 Å². The van der Waals surface area contributed by atoms with Gasteiger partial charge in [0.05, 0.1) is 11.0 Å². The van der Waals surface area contributed by atoms with Gasteiger partial charge in [0.2, 0.25) is 0 Å². The molecule has 0 aliphatic heterocycles. The predicted molar refractivity (Wildman–Crippen MR) is 71.1 cm³/mol. The summed E-state index contributed by atoms with van der Waals surface area (Å²) in [6.45, 7) is 5.26. The first-order chi connectivity index (χ1) is 8.85. The lowest BCUT2D eigenvalue weighted by Gasteiger charge is -2.19. The minimum atomic E-state index is -0.668. The third-order valence-electron chi connectivity index (χ3n) is 2.18. The van der Waals surface area contributed by atoms with Crippen molar-refractivity contribution in [3.63, 3.8) is 0 Å². The lowest BCUT2D eigenvalue weighted by atomic mass is 10.2. The molecule has 0 saturated heterocycles. The molecule has 0 spiro atoms. The molecule has 6 nitrogen and oxygen atoms in total. The maximum absolute atomic E-state index is 11.6. The summed E-state index contributed by atoms with van der Waals surface area (Å²) >= 11 is 0. The molecule has 0 aliphatic carbocycles. The van der Waals surface area contributed by atoms with Crippen molar-refractivity contribution in [2.24, 2.45) is 0 Å². The Morgan fingerprint density at radius 2 is 2.11 bits per heavy atom. The average Bonchev–Trinajstić information content (AvgIpc) is 2.27. The number of hydrogen-bond donors (Lipinski definition) is 2. The van der Waals surface area contributed by atoms with Gasteiger partial charge in [0.25, 0.3) is 0 Å². The second kappa shape index (κ2) is 4.72. The molecule has 2 rings (SSSR count). The Morgan fingerprint density at radius 3 is 2.79 bits per heavy atom. The van der Waals surface area contributed by atoms with Gasteiger partial charge in [-0.1, -0.05) is 0 Å². The van der Waals surface area contributed by atoms with E-state index < -0.39 is 11.7 Å². The van der Waals surface area contributed by atoms with Crippen molar-refractivity contribution in [1.29, 1.82) is 0 Å². The molecule has 0 atom stereocenters. The van der Waals surface area contributed by atoms with E-state index in [1.807, 2.05) is 0 Å². The number of aromatic hydroxyl groups is 1. The van der Waals surface area contributed by atoms with Crippen LogP contribution in [0.3, 0.4) is 0 Å². The predicted octanol–water partition coefficient (Wildman–Crippen LogP) is 2.68. The summed E-state index contributed by atoms with van der Waals surface area (Å²) in [5, 5.41) is 12.2. The minimum Gasteiger partial charge on any atom is -0.504 e. The molecule has 100 valence electrons. The largest absolute Gasteiger partial charge is 0.504 e. The molecule has 19 heavy (non-hydrogen) atoms. The van der Waals surface area contributed by atoms with Crippen LogP contribution in [-0.4, -0.2) is 26.8 Å². The molecule has 6 heteroatoms. The first kappa shape index (κ1) is 13.1. The van der Waals surface area contributed by atoms with E-state index in [4.69, 9.17) is 4.74 Å². The number of amides is 1. The maximum atomic E-state index is 11.6. The second-order valence-corrected chi connectivity index (χ2v) is 5.02. The molecule has 2 aromatic rings. The Morgan fingerprint density at radius 1 is 1.37 bits per heavy atom. The van der Waals surface area contributed by atoms with E-state index in [9.17, 15) is 9.90 Å². The number of nitrogens with one attached hydrogen (secondary N) is 1. The summed E-state index contributed by atoms with van der Waals surface area (Å²) < 4.78 is 5.09. The van der Waals surface area contributed by atoms with Crippen molar-refractivity contribution in [2.75, 3.05) is 5.32 Å². The van der Waals surface area contributed by atoms with Crippen LogP contribution in [0.5, 0.6) is 5.75 Å². The highest BCUT2D eigenvalue weighted by Crippen LogP contribution is 2.25. The van der Waals surface area contributed by atoms with E-state index in [1.165, 1.54) is 6.07 Å². The van der Waals surface area contributed by atoms with Gasteiger partial charge < -0.3 is 9.84 Å². The average molecular weight is 261 g/mol. The maximum Gasteiger partial charge on any atom is 0.413 e. The van der Waals surface area contributed by atoms with Crippen LogP contribution < -0.4 is 5.32 Å². The molecular formula is C13H15N3O3. The number of pyridine rings is 2. The summed E-state index contributed by atoms with van der Waals surface area (Å²) in [6, 6.07) is 4.90. The molecule has 2 aromatic heterocycles. The molecule has 0 saturated carbocycles. The second-order valence-electron chi connectivity index (χ2n) is 5.02. The summed E-state index contributed by atoms with van der Waals surface area (Å²) in [6.07, 6.45) is 0.934. The minimum absolute atomic E-state index is 0.0507. The molecular weight excluding hydrogens is 246 g/mol. The summed E-state index contributed by atoms with van der Waals surface area (Å²) in [4.78, 5) is 19.8. The van der Waals surface area contributed by atoms with E-state index in [0.29, 0.717) is 11.0 Å². The van der Waals surface area contributed by atoms with Gasteiger partial charge >= 0.3 is 6.09 Å². The van der Waals surface area contributed by atoms with Crippen LogP contribution in [0.15, 0.2) is 24.4 Å². The van der Waals surface area contributed by atoms with Gasteiger partial charge in [-0.25, -0.2) is 9.78 Å². The first-order valence-corrected chi connectivity index (χ1v) is 5.80.